The second-order valence-corrected chi connectivity index (χ2v) is 6.19. The van der Waals surface area contributed by atoms with E-state index in [9.17, 15) is 17.2 Å². The Morgan fingerprint density at radius 1 is 1.23 bits per heavy atom. The van der Waals surface area contributed by atoms with Crippen LogP contribution in [0.25, 0.3) is 0 Å². The third-order valence-electron chi connectivity index (χ3n) is 1.58. The molecule has 0 aliphatic carbocycles. The molecule has 0 rings (SSSR count). The lowest BCUT2D eigenvalue weighted by Gasteiger charge is -2.05. The first-order valence-corrected chi connectivity index (χ1v) is 7.31. The average Bonchev–Trinajstić information content (AvgIpc) is 2.00. The van der Waals surface area contributed by atoms with Crippen LogP contribution in [0.15, 0.2) is 0 Å². The molecular weight excluding hydrogens is 212 g/mol. The minimum absolute atomic E-state index is 0.0129. The third kappa shape index (κ3) is 8.39. The quantitative estimate of drug-likeness (QED) is 0.593. The summed E-state index contributed by atoms with van der Waals surface area (Å²) < 4.78 is 42.5. The molecule has 4 nitrogen and oxygen atoms in total. The molecule has 0 radical (unpaired) electrons. The SMILES string of the molecule is CCCCS(=O)(=O)CCCS(=O)[O-]. The molecule has 13 heavy (non-hydrogen) atoms. The Kier molecular flexibility index (Phi) is 6.53. The monoisotopic (exact) mass is 227 g/mol. The van der Waals surface area contributed by atoms with Crippen molar-refractivity contribution in [3.8, 4) is 0 Å². The standard InChI is InChI=1S/C7H16O4S2/c1-2-3-6-13(10,11)7-4-5-12(8)9/h2-7H2,1H3,(H,8,9)/p-1. The average molecular weight is 227 g/mol. The molecule has 1 atom stereocenters. The van der Waals surface area contributed by atoms with E-state index in [1.165, 1.54) is 0 Å². The van der Waals surface area contributed by atoms with Crippen molar-refractivity contribution >= 4 is 20.9 Å². The zero-order chi connectivity index (χ0) is 10.3. The molecule has 0 fully saturated rings. The van der Waals surface area contributed by atoms with E-state index < -0.39 is 20.9 Å². The van der Waals surface area contributed by atoms with Gasteiger partial charge in [0.05, 0.1) is 11.5 Å². The predicted octanol–water partition coefficient (Wildman–Crippen LogP) is 0.471. The van der Waals surface area contributed by atoms with Crippen LogP contribution in [0, 0.1) is 0 Å². The Balaban J connectivity index is 3.70. The minimum atomic E-state index is -3.01. The summed E-state index contributed by atoms with van der Waals surface area (Å²) in [5, 5.41) is 0. The lowest BCUT2D eigenvalue weighted by molar-refractivity contribution is 0.535. The number of hydrogen-bond acceptors (Lipinski definition) is 4. The first-order valence-electron chi connectivity index (χ1n) is 4.24. The van der Waals surface area contributed by atoms with E-state index in [-0.39, 0.29) is 23.7 Å². The predicted molar refractivity (Wildman–Crippen MR) is 52.0 cm³/mol. The van der Waals surface area contributed by atoms with Crippen molar-refractivity contribution < 1.29 is 17.2 Å². The largest absolute Gasteiger partial charge is 0.772 e. The molecular formula is C7H15O4S2-. The number of unbranched alkanes of at least 4 members (excludes halogenated alkanes) is 1. The Hall–Kier alpha value is 0.0600. The van der Waals surface area contributed by atoms with Crippen LogP contribution in [-0.2, 0) is 20.9 Å². The Labute approximate surface area is 81.9 Å². The first kappa shape index (κ1) is 13.1. The molecule has 1 unspecified atom stereocenters. The molecule has 0 aromatic heterocycles. The van der Waals surface area contributed by atoms with Gasteiger partial charge in [-0.15, -0.1) is 0 Å². The highest BCUT2D eigenvalue weighted by Crippen LogP contribution is 1.99. The van der Waals surface area contributed by atoms with Crippen molar-refractivity contribution in [1.29, 1.82) is 0 Å². The molecule has 0 aliphatic rings. The fourth-order valence-corrected chi connectivity index (χ4v) is 2.94. The summed E-state index contributed by atoms with van der Waals surface area (Å²) in [6, 6.07) is 0. The molecule has 0 heterocycles. The lowest BCUT2D eigenvalue weighted by atomic mass is 10.4. The van der Waals surface area contributed by atoms with Crippen LogP contribution in [0.1, 0.15) is 26.2 Å². The topological polar surface area (TPSA) is 74.3 Å². The summed E-state index contributed by atoms with van der Waals surface area (Å²) in [4.78, 5) is 0. The zero-order valence-corrected chi connectivity index (χ0v) is 9.33. The summed E-state index contributed by atoms with van der Waals surface area (Å²) in [7, 11) is -3.01. The van der Waals surface area contributed by atoms with Gasteiger partial charge < -0.3 is 4.55 Å². The maximum Gasteiger partial charge on any atom is 0.150 e. The van der Waals surface area contributed by atoms with Crippen molar-refractivity contribution in [3.05, 3.63) is 0 Å². The van der Waals surface area contributed by atoms with Gasteiger partial charge in [-0.3, -0.25) is 4.21 Å². The fraction of sp³-hybridized carbons (Fsp3) is 1.00. The van der Waals surface area contributed by atoms with Gasteiger partial charge in [0.15, 0.2) is 0 Å². The van der Waals surface area contributed by atoms with Crippen LogP contribution in [0.5, 0.6) is 0 Å². The van der Waals surface area contributed by atoms with Crippen LogP contribution >= 0.6 is 0 Å². The van der Waals surface area contributed by atoms with Gasteiger partial charge in [0, 0.05) is 5.75 Å². The number of hydrogen-bond donors (Lipinski definition) is 0. The summed E-state index contributed by atoms with van der Waals surface area (Å²) >= 11 is -2.12. The summed E-state index contributed by atoms with van der Waals surface area (Å²) in [5.41, 5.74) is 0. The lowest BCUT2D eigenvalue weighted by Crippen LogP contribution is -2.13. The molecule has 6 heteroatoms. The van der Waals surface area contributed by atoms with Gasteiger partial charge in [0.1, 0.15) is 9.84 Å². The van der Waals surface area contributed by atoms with Gasteiger partial charge in [-0.1, -0.05) is 24.4 Å². The maximum atomic E-state index is 11.2. The first-order chi connectivity index (χ1) is 5.98. The van der Waals surface area contributed by atoms with E-state index in [0.29, 0.717) is 6.42 Å². The summed E-state index contributed by atoms with van der Waals surface area (Å²) in [5.74, 6) is 0.0985. The van der Waals surface area contributed by atoms with Gasteiger partial charge >= 0.3 is 0 Å². The molecule has 0 amide bonds. The second-order valence-electron chi connectivity index (χ2n) is 2.87. The van der Waals surface area contributed by atoms with E-state index in [1.807, 2.05) is 6.92 Å². The van der Waals surface area contributed by atoms with E-state index in [0.717, 1.165) is 6.42 Å². The number of rotatable bonds is 7. The van der Waals surface area contributed by atoms with Crippen molar-refractivity contribution in [2.45, 2.75) is 26.2 Å². The highest BCUT2D eigenvalue weighted by Gasteiger charge is 2.08. The van der Waals surface area contributed by atoms with E-state index in [2.05, 4.69) is 0 Å². The Morgan fingerprint density at radius 2 is 1.77 bits per heavy atom. The van der Waals surface area contributed by atoms with Crippen LogP contribution in [0.4, 0.5) is 0 Å². The van der Waals surface area contributed by atoms with Gasteiger partial charge in [-0.25, -0.2) is 8.42 Å². The molecule has 0 saturated carbocycles. The molecule has 0 N–H and O–H groups in total. The normalized spacial score (nSPS) is 14.3. The minimum Gasteiger partial charge on any atom is -0.772 e. The van der Waals surface area contributed by atoms with Gasteiger partial charge in [-0.2, -0.15) is 0 Å². The van der Waals surface area contributed by atoms with Gasteiger partial charge in [-0.05, 0) is 12.8 Å². The zero-order valence-electron chi connectivity index (χ0n) is 7.69. The van der Waals surface area contributed by atoms with E-state index in [1.54, 1.807) is 0 Å². The van der Waals surface area contributed by atoms with Crippen LogP contribution in [-0.4, -0.2) is 34.4 Å². The molecule has 0 aromatic carbocycles. The van der Waals surface area contributed by atoms with Crippen LogP contribution < -0.4 is 0 Å². The number of sulfone groups is 1. The van der Waals surface area contributed by atoms with Crippen LogP contribution in [0.2, 0.25) is 0 Å². The highest BCUT2D eigenvalue weighted by molar-refractivity contribution is 7.91. The van der Waals surface area contributed by atoms with Gasteiger partial charge in [0.2, 0.25) is 0 Å². The van der Waals surface area contributed by atoms with Crippen molar-refractivity contribution in [2.24, 2.45) is 0 Å². The summed E-state index contributed by atoms with van der Waals surface area (Å²) in [6.45, 7) is 1.92. The van der Waals surface area contributed by atoms with Crippen molar-refractivity contribution in [2.75, 3.05) is 17.3 Å². The maximum absolute atomic E-state index is 11.2. The third-order valence-corrected chi connectivity index (χ3v) is 4.02. The smallest absolute Gasteiger partial charge is 0.150 e. The molecule has 0 aliphatic heterocycles. The Morgan fingerprint density at radius 3 is 2.23 bits per heavy atom. The summed E-state index contributed by atoms with van der Waals surface area (Å²) in [6.07, 6.45) is 1.71. The van der Waals surface area contributed by atoms with Gasteiger partial charge in [0.25, 0.3) is 0 Å². The molecule has 0 spiro atoms. The van der Waals surface area contributed by atoms with Crippen LogP contribution in [0.3, 0.4) is 0 Å². The van der Waals surface area contributed by atoms with E-state index >= 15 is 0 Å². The Bertz CT molecular complexity index is 245. The second kappa shape index (κ2) is 6.50. The molecule has 80 valence electrons. The fourth-order valence-electron chi connectivity index (χ4n) is 0.863. The highest BCUT2D eigenvalue weighted by atomic mass is 32.2. The van der Waals surface area contributed by atoms with E-state index in [4.69, 9.17) is 0 Å². The molecule has 0 aromatic rings. The van der Waals surface area contributed by atoms with Crippen molar-refractivity contribution in [1.82, 2.24) is 0 Å². The molecule has 0 saturated heterocycles. The molecule has 0 bridgehead atoms. The van der Waals surface area contributed by atoms with Crippen molar-refractivity contribution in [3.63, 3.8) is 0 Å².